The first kappa shape index (κ1) is 19.8. The molecule has 3 aliphatic heterocycles. The molecule has 0 radical (unpaired) electrons. The van der Waals surface area contributed by atoms with E-state index in [-0.39, 0.29) is 42.1 Å². The van der Waals surface area contributed by atoms with Gasteiger partial charge in [-0.05, 0) is 37.6 Å². The summed E-state index contributed by atoms with van der Waals surface area (Å²) in [6, 6.07) is 0.309. The van der Waals surface area contributed by atoms with Gasteiger partial charge in [-0.25, -0.2) is 0 Å². The van der Waals surface area contributed by atoms with Crippen LogP contribution in [0.5, 0.6) is 0 Å². The van der Waals surface area contributed by atoms with Gasteiger partial charge in [0.1, 0.15) is 12.7 Å². The average molecular weight is 422 g/mol. The Balaban J connectivity index is 0.00000205. The number of carbonyl (C=O) groups excluding carboxylic acids is 2. The van der Waals surface area contributed by atoms with Crippen LogP contribution in [0.15, 0.2) is 12.7 Å². The second kappa shape index (κ2) is 8.07. The van der Waals surface area contributed by atoms with Crippen LogP contribution in [0, 0.1) is 11.8 Å². The van der Waals surface area contributed by atoms with Crippen molar-refractivity contribution < 1.29 is 9.59 Å². The Morgan fingerprint density at radius 3 is 2.86 bits per heavy atom. The Morgan fingerprint density at radius 1 is 1.24 bits per heavy atom. The van der Waals surface area contributed by atoms with E-state index in [0.717, 1.165) is 32.4 Å². The maximum Gasteiger partial charge on any atom is 0.288 e. The standard InChI is InChI=1S/C17H23N9O2.ClH/c27-14-3-1-2-12-10-4-11(6-18-5-10)13(26(12)14)7-19-16(28)15-22-17(24-23-15)25-8-20-21-9-25;/h8-13,18H,1-7H2,(H,19,28)(H,22,23,24);1H/t10-,11+,12+,13+;/m1./s1. The van der Waals surface area contributed by atoms with Gasteiger partial charge in [-0.2, -0.15) is 4.98 Å². The molecule has 0 aliphatic carbocycles. The van der Waals surface area contributed by atoms with E-state index in [2.05, 4.69) is 40.9 Å². The van der Waals surface area contributed by atoms with Crippen molar-refractivity contribution in [2.24, 2.45) is 11.8 Å². The number of aromatic nitrogens is 6. The van der Waals surface area contributed by atoms with Crippen molar-refractivity contribution in [3.05, 3.63) is 18.5 Å². The van der Waals surface area contributed by atoms with Crippen LogP contribution in [0.4, 0.5) is 0 Å². The number of hydrogen-bond acceptors (Lipinski definition) is 7. The zero-order chi connectivity index (χ0) is 19.1. The number of H-pyrrole nitrogens is 1. The van der Waals surface area contributed by atoms with Gasteiger partial charge in [-0.15, -0.1) is 27.7 Å². The number of aromatic amines is 1. The van der Waals surface area contributed by atoms with Gasteiger partial charge in [0.05, 0.1) is 6.04 Å². The van der Waals surface area contributed by atoms with Gasteiger partial charge in [0.15, 0.2) is 0 Å². The van der Waals surface area contributed by atoms with Gasteiger partial charge in [0, 0.05) is 25.6 Å². The first-order valence-electron chi connectivity index (χ1n) is 9.78. The van der Waals surface area contributed by atoms with Gasteiger partial charge in [0.2, 0.25) is 11.7 Å². The number of fused-ring (bicyclic) bond motifs is 4. The first-order chi connectivity index (χ1) is 13.7. The number of piperidine rings is 3. The van der Waals surface area contributed by atoms with Crippen LogP contribution >= 0.6 is 12.4 Å². The lowest BCUT2D eigenvalue weighted by molar-refractivity contribution is -0.148. The predicted molar refractivity (Wildman–Crippen MR) is 104 cm³/mol. The van der Waals surface area contributed by atoms with E-state index in [1.807, 2.05) is 0 Å². The second-order valence-electron chi connectivity index (χ2n) is 7.81. The Labute approximate surface area is 173 Å². The number of nitrogens with one attached hydrogen (secondary N) is 3. The van der Waals surface area contributed by atoms with Crippen molar-refractivity contribution >= 4 is 24.2 Å². The van der Waals surface area contributed by atoms with Crippen LogP contribution in [0.25, 0.3) is 5.95 Å². The van der Waals surface area contributed by atoms with Gasteiger partial charge >= 0.3 is 0 Å². The van der Waals surface area contributed by atoms with Crippen molar-refractivity contribution in [1.82, 2.24) is 45.5 Å². The summed E-state index contributed by atoms with van der Waals surface area (Å²) in [5, 5.41) is 20.5. The molecule has 0 spiro atoms. The van der Waals surface area contributed by atoms with Gasteiger partial charge < -0.3 is 15.5 Å². The quantitative estimate of drug-likeness (QED) is 0.607. The van der Waals surface area contributed by atoms with Crippen LogP contribution in [0.2, 0.25) is 0 Å². The van der Waals surface area contributed by atoms with E-state index in [1.165, 1.54) is 17.2 Å². The predicted octanol–water partition coefficient (Wildman–Crippen LogP) is -0.474. The molecule has 0 unspecified atom stereocenters. The van der Waals surface area contributed by atoms with Crippen LogP contribution < -0.4 is 10.6 Å². The number of halogens is 1. The summed E-state index contributed by atoms with van der Waals surface area (Å²) >= 11 is 0. The highest BCUT2D eigenvalue weighted by molar-refractivity contribution is 5.90. The van der Waals surface area contributed by atoms with E-state index in [0.29, 0.717) is 30.7 Å². The van der Waals surface area contributed by atoms with Gasteiger partial charge in [0.25, 0.3) is 11.9 Å². The molecule has 156 valence electrons. The van der Waals surface area contributed by atoms with Crippen molar-refractivity contribution in [2.45, 2.75) is 37.8 Å². The second-order valence-corrected chi connectivity index (χ2v) is 7.81. The maximum absolute atomic E-state index is 12.7. The van der Waals surface area contributed by atoms with E-state index in [1.54, 1.807) is 0 Å². The summed E-state index contributed by atoms with van der Waals surface area (Å²) in [6.07, 6.45) is 6.66. The largest absolute Gasteiger partial charge is 0.347 e. The molecule has 12 heteroatoms. The monoisotopic (exact) mass is 421 g/mol. The summed E-state index contributed by atoms with van der Waals surface area (Å²) in [5.74, 6) is 1.20. The fraction of sp³-hybridized carbons (Fsp3) is 0.647. The molecule has 2 aromatic heterocycles. The third-order valence-electron chi connectivity index (χ3n) is 6.21. The molecule has 5 rings (SSSR count). The maximum atomic E-state index is 12.7. The molecule has 3 saturated heterocycles. The third kappa shape index (κ3) is 3.60. The van der Waals surface area contributed by atoms with Crippen LogP contribution in [0.1, 0.15) is 36.3 Å². The number of rotatable bonds is 4. The lowest BCUT2D eigenvalue weighted by Crippen LogP contribution is -2.66. The molecule has 29 heavy (non-hydrogen) atoms. The number of amides is 2. The fourth-order valence-corrected chi connectivity index (χ4v) is 4.95. The highest BCUT2D eigenvalue weighted by Crippen LogP contribution is 2.39. The van der Waals surface area contributed by atoms with Crippen molar-refractivity contribution in [3.63, 3.8) is 0 Å². The van der Waals surface area contributed by atoms with Gasteiger partial charge in [-0.3, -0.25) is 19.3 Å². The Morgan fingerprint density at radius 2 is 2.03 bits per heavy atom. The summed E-state index contributed by atoms with van der Waals surface area (Å²) < 4.78 is 1.51. The van der Waals surface area contributed by atoms with E-state index >= 15 is 0 Å². The van der Waals surface area contributed by atoms with E-state index < -0.39 is 0 Å². The lowest BCUT2D eigenvalue weighted by atomic mass is 9.72. The van der Waals surface area contributed by atoms with Crippen LogP contribution in [-0.4, -0.2) is 78.4 Å². The van der Waals surface area contributed by atoms with Crippen molar-refractivity contribution in [3.8, 4) is 5.95 Å². The molecule has 2 bridgehead atoms. The summed E-state index contributed by atoms with van der Waals surface area (Å²) in [6.45, 7) is 2.28. The molecule has 11 nitrogen and oxygen atoms in total. The van der Waals surface area contributed by atoms with Gasteiger partial charge in [-0.1, -0.05) is 0 Å². The summed E-state index contributed by atoms with van der Waals surface area (Å²) in [5.41, 5.74) is 0. The lowest BCUT2D eigenvalue weighted by Gasteiger charge is -2.54. The van der Waals surface area contributed by atoms with Crippen molar-refractivity contribution in [1.29, 1.82) is 0 Å². The molecule has 3 fully saturated rings. The molecule has 4 atom stereocenters. The average Bonchev–Trinajstić information content (AvgIpc) is 3.40. The molecule has 0 saturated carbocycles. The summed E-state index contributed by atoms with van der Waals surface area (Å²) in [4.78, 5) is 31.5. The highest BCUT2D eigenvalue weighted by Gasteiger charge is 2.47. The number of carbonyl (C=O) groups is 2. The third-order valence-corrected chi connectivity index (χ3v) is 6.21. The minimum Gasteiger partial charge on any atom is -0.347 e. The van der Waals surface area contributed by atoms with Crippen molar-refractivity contribution in [2.75, 3.05) is 19.6 Å². The Kier molecular flexibility index (Phi) is 5.50. The Hall–Kier alpha value is -2.53. The van der Waals surface area contributed by atoms with E-state index in [4.69, 9.17) is 0 Å². The number of nitrogens with zero attached hydrogens (tertiary/aromatic N) is 6. The molecular weight excluding hydrogens is 398 g/mol. The van der Waals surface area contributed by atoms with E-state index in [9.17, 15) is 9.59 Å². The zero-order valence-corrected chi connectivity index (χ0v) is 16.6. The number of hydrogen-bond donors (Lipinski definition) is 3. The SMILES string of the molecule is Cl.O=C(NC[C@H]1[C@@H]2CNC[C@@H](C2)[C@@H]2CCCC(=O)N21)c1nc(-n2cnnc2)n[nH]1. The minimum absolute atomic E-state index is 0. The first-order valence-corrected chi connectivity index (χ1v) is 9.78. The molecule has 5 heterocycles. The van der Waals surface area contributed by atoms with Crippen LogP contribution in [-0.2, 0) is 4.79 Å². The molecule has 2 aromatic rings. The fourth-order valence-electron chi connectivity index (χ4n) is 4.95. The molecular formula is C17H24ClN9O2. The minimum atomic E-state index is -0.335. The summed E-state index contributed by atoms with van der Waals surface area (Å²) in [7, 11) is 0. The molecule has 0 aromatic carbocycles. The highest BCUT2D eigenvalue weighted by atomic mass is 35.5. The smallest absolute Gasteiger partial charge is 0.288 e. The molecule has 3 aliphatic rings. The molecule has 2 amide bonds. The van der Waals surface area contributed by atoms with Crippen LogP contribution in [0.3, 0.4) is 0 Å². The normalized spacial score (nSPS) is 28.4. The molecule has 3 N–H and O–H groups in total. The topological polar surface area (TPSA) is 134 Å². The Bertz CT molecular complexity index is 870. The zero-order valence-electron chi connectivity index (χ0n) is 15.8.